The molecule has 0 amide bonds. The standard InChI is InChI=1S/C13H16N2O2/c1-10-2-3-12(11(6-10)7-14)15-8-13(16)4-5-17-9-13/h2-3,6,15-16H,4-5,8-9H2,1H3. The molecule has 0 saturated carbocycles. The fourth-order valence-corrected chi connectivity index (χ4v) is 1.90. The maximum absolute atomic E-state index is 10.1. The number of rotatable bonds is 3. The first kappa shape index (κ1) is 11.9. The Kier molecular flexibility index (Phi) is 3.32. The van der Waals surface area contributed by atoms with E-state index in [1.54, 1.807) is 0 Å². The Morgan fingerprint density at radius 2 is 2.41 bits per heavy atom. The summed E-state index contributed by atoms with van der Waals surface area (Å²) in [5.41, 5.74) is 1.61. The second-order valence-corrected chi connectivity index (χ2v) is 4.54. The minimum atomic E-state index is -0.808. The predicted octanol–water partition coefficient (Wildman–Crippen LogP) is 1.43. The number of ether oxygens (including phenoxy) is 1. The molecule has 1 aliphatic rings. The van der Waals surface area contributed by atoms with Crippen LogP contribution >= 0.6 is 0 Å². The first-order valence-electron chi connectivity index (χ1n) is 5.68. The molecule has 90 valence electrons. The van der Waals surface area contributed by atoms with Gasteiger partial charge in [0.25, 0.3) is 0 Å². The lowest BCUT2D eigenvalue weighted by Gasteiger charge is -2.21. The highest BCUT2D eigenvalue weighted by molar-refractivity contribution is 5.58. The van der Waals surface area contributed by atoms with Crippen LogP contribution in [0.3, 0.4) is 0 Å². The average Bonchev–Trinajstić information content (AvgIpc) is 2.75. The lowest BCUT2D eigenvalue weighted by Crippen LogP contribution is -2.37. The van der Waals surface area contributed by atoms with E-state index in [0.29, 0.717) is 31.7 Å². The number of hydrogen-bond acceptors (Lipinski definition) is 4. The molecule has 17 heavy (non-hydrogen) atoms. The van der Waals surface area contributed by atoms with E-state index < -0.39 is 5.60 Å². The summed E-state index contributed by atoms with van der Waals surface area (Å²) in [6.07, 6.45) is 0.633. The molecule has 4 heteroatoms. The lowest BCUT2D eigenvalue weighted by molar-refractivity contribution is 0.0382. The van der Waals surface area contributed by atoms with Gasteiger partial charge < -0.3 is 15.2 Å². The number of aliphatic hydroxyl groups is 1. The third-order valence-corrected chi connectivity index (χ3v) is 2.99. The van der Waals surface area contributed by atoms with Gasteiger partial charge in [-0.3, -0.25) is 0 Å². The van der Waals surface area contributed by atoms with Crippen LogP contribution in [0.2, 0.25) is 0 Å². The molecule has 1 unspecified atom stereocenters. The van der Waals surface area contributed by atoms with E-state index in [1.807, 2.05) is 25.1 Å². The summed E-state index contributed by atoms with van der Waals surface area (Å²) in [6, 6.07) is 7.79. The highest BCUT2D eigenvalue weighted by atomic mass is 16.5. The molecule has 4 nitrogen and oxygen atoms in total. The zero-order valence-corrected chi connectivity index (χ0v) is 9.86. The summed E-state index contributed by atoms with van der Waals surface area (Å²) in [6.45, 7) is 3.30. The summed E-state index contributed by atoms with van der Waals surface area (Å²) < 4.78 is 5.17. The van der Waals surface area contributed by atoms with Gasteiger partial charge in [0, 0.05) is 19.6 Å². The summed E-state index contributed by atoms with van der Waals surface area (Å²) in [5, 5.41) is 22.2. The van der Waals surface area contributed by atoms with Gasteiger partial charge in [-0.25, -0.2) is 0 Å². The minimum Gasteiger partial charge on any atom is -0.386 e. The van der Waals surface area contributed by atoms with Gasteiger partial charge in [0.05, 0.1) is 17.9 Å². The number of nitrogens with zero attached hydrogens (tertiary/aromatic N) is 1. The zero-order chi connectivity index (χ0) is 12.3. The topological polar surface area (TPSA) is 65.3 Å². The molecule has 1 aliphatic heterocycles. The fraction of sp³-hybridized carbons (Fsp3) is 0.462. The number of aryl methyl sites for hydroxylation is 1. The third kappa shape index (κ3) is 2.76. The van der Waals surface area contributed by atoms with Crippen molar-refractivity contribution in [1.82, 2.24) is 0 Å². The molecule has 0 bridgehead atoms. The van der Waals surface area contributed by atoms with E-state index in [1.165, 1.54) is 0 Å². The third-order valence-electron chi connectivity index (χ3n) is 2.99. The van der Waals surface area contributed by atoms with Crippen LogP contribution in [0.4, 0.5) is 5.69 Å². The van der Waals surface area contributed by atoms with Crippen molar-refractivity contribution in [2.24, 2.45) is 0 Å². The molecule has 1 fully saturated rings. The summed E-state index contributed by atoms with van der Waals surface area (Å²) in [4.78, 5) is 0. The van der Waals surface area contributed by atoms with Gasteiger partial charge in [0.15, 0.2) is 0 Å². The number of hydrogen-bond donors (Lipinski definition) is 2. The highest BCUT2D eigenvalue weighted by Crippen LogP contribution is 2.21. The molecule has 1 atom stereocenters. The maximum Gasteiger partial charge on any atom is 0.107 e. The number of benzene rings is 1. The molecule has 2 rings (SSSR count). The minimum absolute atomic E-state index is 0.355. The SMILES string of the molecule is Cc1ccc(NCC2(O)CCOC2)c(C#N)c1. The van der Waals surface area contributed by atoms with Crippen LogP contribution in [0.25, 0.3) is 0 Å². The van der Waals surface area contributed by atoms with Gasteiger partial charge in [-0.05, 0) is 24.6 Å². The van der Waals surface area contributed by atoms with E-state index in [2.05, 4.69) is 11.4 Å². The van der Waals surface area contributed by atoms with E-state index in [-0.39, 0.29) is 0 Å². The van der Waals surface area contributed by atoms with Crippen LogP contribution in [0.1, 0.15) is 17.5 Å². The van der Waals surface area contributed by atoms with E-state index in [4.69, 9.17) is 10.00 Å². The number of nitriles is 1. The van der Waals surface area contributed by atoms with Crippen LogP contribution in [-0.4, -0.2) is 30.5 Å². The quantitative estimate of drug-likeness (QED) is 0.827. The van der Waals surface area contributed by atoms with Crippen LogP contribution in [0, 0.1) is 18.3 Å². The molecule has 1 saturated heterocycles. The van der Waals surface area contributed by atoms with Crippen molar-refractivity contribution in [3.05, 3.63) is 29.3 Å². The van der Waals surface area contributed by atoms with Crippen molar-refractivity contribution in [2.75, 3.05) is 25.1 Å². The van der Waals surface area contributed by atoms with Crippen molar-refractivity contribution in [1.29, 1.82) is 5.26 Å². The Morgan fingerprint density at radius 3 is 3.06 bits per heavy atom. The largest absolute Gasteiger partial charge is 0.386 e. The smallest absolute Gasteiger partial charge is 0.107 e. The zero-order valence-electron chi connectivity index (χ0n) is 9.86. The summed E-state index contributed by atoms with van der Waals surface area (Å²) >= 11 is 0. The average molecular weight is 232 g/mol. The molecular weight excluding hydrogens is 216 g/mol. The molecule has 2 N–H and O–H groups in total. The van der Waals surface area contributed by atoms with Crippen molar-refractivity contribution in [3.8, 4) is 6.07 Å². The molecule has 0 aromatic heterocycles. The first-order valence-corrected chi connectivity index (χ1v) is 5.68. The Bertz CT molecular complexity index is 445. The molecule has 0 spiro atoms. The summed E-state index contributed by atoms with van der Waals surface area (Å²) in [5.74, 6) is 0. The van der Waals surface area contributed by atoms with Gasteiger partial charge in [-0.2, -0.15) is 5.26 Å². The monoisotopic (exact) mass is 232 g/mol. The summed E-state index contributed by atoms with van der Waals surface area (Å²) in [7, 11) is 0. The van der Waals surface area contributed by atoms with Crippen molar-refractivity contribution in [2.45, 2.75) is 18.9 Å². The Balaban J connectivity index is 2.06. The van der Waals surface area contributed by atoms with Crippen molar-refractivity contribution < 1.29 is 9.84 Å². The van der Waals surface area contributed by atoms with Crippen LogP contribution in [-0.2, 0) is 4.74 Å². The van der Waals surface area contributed by atoms with Crippen LogP contribution in [0.15, 0.2) is 18.2 Å². The van der Waals surface area contributed by atoms with Gasteiger partial charge in [0.1, 0.15) is 11.7 Å². The fourth-order valence-electron chi connectivity index (χ4n) is 1.90. The van der Waals surface area contributed by atoms with Gasteiger partial charge >= 0.3 is 0 Å². The molecule has 1 heterocycles. The van der Waals surface area contributed by atoms with E-state index >= 15 is 0 Å². The van der Waals surface area contributed by atoms with Crippen LogP contribution in [0.5, 0.6) is 0 Å². The van der Waals surface area contributed by atoms with E-state index in [9.17, 15) is 5.11 Å². The maximum atomic E-state index is 10.1. The van der Waals surface area contributed by atoms with E-state index in [0.717, 1.165) is 11.3 Å². The molecule has 1 aromatic carbocycles. The normalized spacial score (nSPS) is 23.4. The number of anilines is 1. The second kappa shape index (κ2) is 4.74. The van der Waals surface area contributed by atoms with Crippen LogP contribution < -0.4 is 5.32 Å². The van der Waals surface area contributed by atoms with Crippen molar-refractivity contribution in [3.63, 3.8) is 0 Å². The first-order chi connectivity index (χ1) is 8.13. The molecule has 0 aliphatic carbocycles. The van der Waals surface area contributed by atoms with Gasteiger partial charge in [-0.1, -0.05) is 6.07 Å². The Labute approximate surface area is 101 Å². The lowest BCUT2D eigenvalue weighted by atomic mass is 10.0. The predicted molar refractivity (Wildman–Crippen MR) is 64.8 cm³/mol. The van der Waals surface area contributed by atoms with Gasteiger partial charge in [0.2, 0.25) is 0 Å². The molecule has 0 radical (unpaired) electrons. The van der Waals surface area contributed by atoms with Gasteiger partial charge in [-0.15, -0.1) is 0 Å². The Morgan fingerprint density at radius 1 is 1.59 bits per heavy atom. The Hall–Kier alpha value is -1.57. The second-order valence-electron chi connectivity index (χ2n) is 4.54. The molecular formula is C13H16N2O2. The van der Waals surface area contributed by atoms with Crippen molar-refractivity contribution >= 4 is 5.69 Å². The molecule has 1 aromatic rings. The number of nitrogens with one attached hydrogen (secondary N) is 1. The highest BCUT2D eigenvalue weighted by Gasteiger charge is 2.31.